The van der Waals surface area contributed by atoms with Gasteiger partial charge in [-0.2, -0.15) is 0 Å². The lowest BCUT2D eigenvalue weighted by atomic mass is 9.98. The van der Waals surface area contributed by atoms with Gasteiger partial charge >= 0.3 is 30.0 Å². The molecule has 0 fully saturated rings. The molecule has 3 atom stereocenters. The molecule has 14 heteroatoms. The number of urea groups is 2. The zero-order valence-electron chi connectivity index (χ0n) is 31.5. The van der Waals surface area contributed by atoms with Crippen LogP contribution in [0.3, 0.4) is 0 Å². The standard InChI is InChI=1S/C36H60N4O10/c1-24(19-30(43)49-35(5,6)7)28(22-47-23-48-34(2,3)4)40-33(46)39-27(31(44)50-36(8,9)10)13-11-12-18-37-32(45)38-21-26-16-14-25(15-17-26)20-29(41)42/h14-17,24,27-28H,11-13,18-23H2,1-10H3,(H,41,42)(H2,37,38,45)(H2,39,40,46)/t24-,27-,28+/m0/s1. The quantitative estimate of drug-likeness (QED) is 0.0757. The van der Waals surface area contributed by atoms with E-state index in [2.05, 4.69) is 21.3 Å². The molecule has 4 amide bonds. The zero-order valence-corrected chi connectivity index (χ0v) is 31.5. The number of hydrogen-bond donors (Lipinski definition) is 5. The summed E-state index contributed by atoms with van der Waals surface area (Å²) in [5.74, 6) is -2.30. The first kappa shape index (κ1) is 44.1. The predicted octanol–water partition coefficient (Wildman–Crippen LogP) is 4.82. The fourth-order valence-corrected chi connectivity index (χ4v) is 4.39. The van der Waals surface area contributed by atoms with Crippen LogP contribution in [0.1, 0.15) is 106 Å². The number of carbonyl (C=O) groups is 5. The largest absolute Gasteiger partial charge is 0.481 e. The van der Waals surface area contributed by atoms with E-state index in [4.69, 9.17) is 24.1 Å². The second kappa shape index (κ2) is 20.7. The van der Waals surface area contributed by atoms with Gasteiger partial charge in [-0.1, -0.05) is 31.2 Å². The summed E-state index contributed by atoms with van der Waals surface area (Å²) in [6, 6.07) is 4.35. The molecule has 0 aliphatic heterocycles. The molecule has 14 nitrogen and oxygen atoms in total. The number of nitrogens with one attached hydrogen (secondary N) is 4. The van der Waals surface area contributed by atoms with Crippen molar-refractivity contribution < 1.29 is 48.0 Å². The van der Waals surface area contributed by atoms with E-state index in [1.54, 1.807) is 72.7 Å². The number of hydrogen-bond acceptors (Lipinski definition) is 9. The summed E-state index contributed by atoms with van der Waals surface area (Å²) in [4.78, 5) is 62.0. The number of ether oxygens (including phenoxy) is 4. The van der Waals surface area contributed by atoms with Crippen LogP contribution in [0, 0.1) is 5.92 Å². The highest BCUT2D eigenvalue weighted by Crippen LogP contribution is 2.16. The van der Waals surface area contributed by atoms with E-state index in [1.165, 1.54) is 0 Å². The molecule has 1 aromatic carbocycles. The summed E-state index contributed by atoms with van der Waals surface area (Å²) in [6.07, 6.45) is 1.23. The van der Waals surface area contributed by atoms with Crippen molar-refractivity contribution in [2.45, 2.75) is 137 Å². The second-order valence-electron chi connectivity index (χ2n) is 15.3. The summed E-state index contributed by atoms with van der Waals surface area (Å²) < 4.78 is 22.4. The number of esters is 2. The number of carbonyl (C=O) groups excluding carboxylic acids is 4. The van der Waals surface area contributed by atoms with E-state index >= 15 is 0 Å². The number of amides is 4. The highest BCUT2D eigenvalue weighted by Gasteiger charge is 2.29. The number of benzene rings is 1. The van der Waals surface area contributed by atoms with Crippen LogP contribution in [0.5, 0.6) is 0 Å². The highest BCUT2D eigenvalue weighted by atomic mass is 16.7. The van der Waals surface area contributed by atoms with Crippen LogP contribution in [0.15, 0.2) is 24.3 Å². The number of carboxylic acid groups (broad SMARTS) is 1. The smallest absolute Gasteiger partial charge is 0.329 e. The topological polar surface area (TPSA) is 191 Å². The van der Waals surface area contributed by atoms with Gasteiger partial charge in [-0.15, -0.1) is 0 Å². The van der Waals surface area contributed by atoms with E-state index in [9.17, 15) is 24.0 Å². The molecular formula is C36H60N4O10. The first-order valence-corrected chi connectivity index (χ1v) is 17.1. The van der Waals surface area contributed by atoms with Crippen LogP contribution in [-0.2, 0) is 46.3 Å². The van der Waals surface area contributed by atoms with Gasteiger partial charge in [-0.3, -0.25) is 9.59 Å². The highest BCUT2D eigenvalue weighted by molar-refractivity contribution is 5.84. The molecule has 0 heterocycles. The lowest BCUT2D eigenvalue weighted by molar-refractivity contribution is -0.158. The van der Waals surface area contributed by atoms with Crippen molar-refractivity contribution in [1.82, 2.24) is 21.3 Å². The van der Waals surface area contributed by atoms with Crippen molar-refractivity contribution in [3.63, 3.8) is 0 Å². The Morgan fingerprint density at radius 1 is 0.760 bits per heavy atom. The fraction of sp³-hybridized carbons (Fsp3) is 0.694. The number of rotatable bonds is 19. The molecule has 0 unspecified atom stereocenters. The Morgan fingerprint density at radius 3 is 1.92 bits per heavy atom. The molecule has 1 rings (SSSR count). The van der Waals surface area contributed by atoms with Crippen molar-refractivity contribution in [2.24, 2.45) is 5.92 Å². The van der Waals surface area contributed by atoms with Crippen LogP contribution in [0.2, 0.25) is 0 Å². The van der Waals surface area contributed by atoms with E-state index in [0.29, 0.717) is 24.9 Å². The third kappa shape index (κ3) is 21.9. The lowest BCUT2D eigenvalue weighted by Crippen LogP contribution is -2.53. The van der Waals surface area contributed by atoms with Crippen LogP contribution in [0.4, 0.5) is 9.59 Å². The molecule has 5 N–H and O–H groups in total. The molecule has 0 saturated heterocycles. The van der Waals surface area contributed by atoms with Gasteiger partial charge in [-0.25, -0.2) is 14.4 Å². The van der Waals surface area contributed by atoms with Crippen molar-refractivity contribution in [1.29, 1.82) is 0 Å². The molecular weight excluding hydrogens is 648 g/mol. The first-order valence-electron chi connectivity index (χ1n) is 17.1. The van der Waals surface area contributed by atoms with Gasteiger partial charge in [-0.05, 0) is 98.6 Å². The van der Waals surface area contributed by atoms with Crippen molar-refractivity contribution in [3.8, 4) is 0 Å². The van der Waals surface area contributed by atoms with Crippen molar-refractivity contribution in [3.05, 3.63) is 35.4 Å². The summed E-state index contributed by atoms with van der Waals surface area (Å²) in [6.45, 7) is 18.6. The molecule has 0 aliphatic carbocycles. The fourth-order valence-electron chi connectivity index (χ4n) is 4.39. The summed E-state index contributed by atoms with van der Waals surface area (Å²) >= 11 is 0. The zero-order chi connectivity index (χ0) is 38.1. The molecule has 1 aromatic rings. The number of unbranched alkanes of at least 4 members (excludes halogenated alkanes) is 1. The summed E-state index contributed by atoms with van der Waals surface area (Å²) in [7, 11) is 0. The van der Waals surface area contributed by atoms with Gasteiger partial charge in [0.25, 0.3) is 0 Å². The van der Waals surface area contributed by atoms with Gasteiger partial charge in [0.15, 0.2) is 0 Å². The Bertz CT molecular complexity index is 1230. The van der Waals surface area contributed by atoms with Gasteiger partial charge < -0.3 is 45.3 Å². The number of carboxylic acids is 1. The third-order valence-electron chi connectivity index (χ3n) is 6.82. The minimum absolute atomic E-state index is 0.0171. The van der Waals surface area contributed by atoms with Gasteiger partial charge in [0.2, 0.25) is 0 Å². The normalized spacial score (nSPS) is 13.7. The SMILES string of the molecule is C[C@@H](CC(=O)OC(C)(C)C)[C@@H](COCOC(C)(C)C)NC(=O)N[C@@H](CCCCNC(=O)NCc1ccc(CC(=O)O)cc1)C(=O)OC(C)(C)C. The lowest BCUT2D eigenvalue weighted by Gasteiger charge is -2.29. The molecule has 0 aliphatic rings. The molecule has 0 aromatic heterocycles. The Balaban J connectivity index is 2.76. The Kier molecular flexibility index (Phi) is 18.3. The van der Waals surface area contributed by atoms with E-state index in [0.717, 1.165) is 5.56 Å². The van der Waals surface area contributed by atoms with Gasteiger partial charge in [0.05, 0.1) is 31.1 Å². The van der Waals surface area contributed by atoms with Crippen LogP contribution in [0.25, 0.3) is 0 Å². The minimum Gasteiger partial charge on any atom is -0.481 e. The number of aliphatic carboxylic acids is 1. The average Bonchev–Trinajstić information content (AvgIpc) is 2.94. The maximum atomic E-state index is 13.3. The Hall–Kier alpha value is -3.91. The molecule has 0 saturated carbocycles. The minimum atomic E-state index is -0.973. The molecule has 50 heavy (non-hydrogen) atoms. The maximum absolute atomic E-state index is 13.3. The van der Waals surface area contributed by atoms with Crippen molar-refractivity contribution in [2.75, 3.05) is 19.9 Å². The van der Waals surface area contributed by atoms with Crippen LogP contribution in [-0.4, -0.2) is 83.9 Å². The van der Waals surface area contributed by atoms with E-state index < -0.39 is 52.8 Å². The van der Waals surface area contributed by atoms with Crippen LogP contribution < -0.4 is 21.3 Å². The van der Waals surface area contributed by atoms with Crippen molar-refractivity contribution >= 4 is 30.0 Å². The molecule has 0 spiro atoms. The first-order chi connectivity index (χ1) is 23.0. The predicted molar refractivity (Wildman–Crippen MR) is 188 cm³/mol. The summed E-state index contributed by atoms with van der Waals surface area (Å²) in [5, 5.41) is 20.0. The maximum Gasteiger partial charge on any atom is 0.329 e. The Morgan fingerprint density at radius 2 is 1.36 bits per heavy atom. The van der Waals surface area contributed by atoms with Crippen LogP contribution >= 0.6 is 0 Å². The molecule has 0 radical (unpaired) electrons. The van der Waals surface area contributed by atoms with Gasteiger partial charge in [0, 0.05) is 13.1 Å². The average molecular weight is 709 g/mol. The molecule has 284 valence electrons. The third-order valence-corrected chi connectivity index (χ3v) is 6.82. The Labute approximate surface area is 297 Å². The van der Waals surface area contributed by atoms with E-state index in [-0.39, 0.29) is 51.2 Å². The van der Waals surface area contributed by atoms with E-state index in [1.807, 2.05) is 20.8 Å². The monoisotopic (exact) mass is 708 g/mol. The molecule has 0 bridgehead atoms. The van der Waals surface area contributed by atoms with Gasteiger partial charge in [0.1, 0.15) is 24.0 Å². The summed E-state index contributed by atoms with van der Waals surface area (Å²) in [5.41, 5.74) is -0.376. The second-order valence-corrected chi connectivity index (χ2v) is 15.3.